The van der Waals surface area contributed by atoms with E-state index in [1.165, 1.54) is 0 Å². The van der Waals surface area contributed by atoms with Crippen molar-refractivity contribution < 1.29 is 17.7 Å². The van der Waals surface area contributed by atoms with Gasteiger partial charge in [-0.25, -0.2) is 8.42 Å². The van der Waals surface area contributed by atoms with Gasteiger partial charge in [-0.3, -0.25) is 4.79 Å². The number of nitrogens with one attached hydrogen (secondary N) is 3. The molecule has 2 unspecified atom stereocenters. The minimum Gasteiger partial charge on any atom is -0.360 e. The number of fused-ring (bicyclic) bond motifs is 2. The molecule has 2 saturated heterocycles. The lowest BCUT2D eigenvalue weighted by Gasteiger charge is -2.34. The zero-order chi connectivity index (χ0) is 19.2. The van der Waals surface area contributed by atoms with Crippen LogP contribution in [0.5, 0.6) is 0 Å². The van der Waals surface area contributed by atoms with Crippen LogP contribution in [0.1, 0.15) is 62.8 Å². The third-order valence-electron chi connectivity index (χ3n) is 6.27. The average Bonchev–Trinajstić information content (AvgIpc) is 3.28. The Bertz CT molecular complexity index is 797. The third-order valence-corrected chi connectivity index (χ3v) is 8.05. The Morgan fingerprint density at radius 1 is 1.19 bits per heavy atom. The van der Waals surface area contributed by atoms with E-state index in [0.29, 0.717) is 30.6 Å². The summed E-state index contributed by atoms with van der Waals surface area (Å²) in [5.41, 5.74) is -0.776. The van der Waals surface area contributed by atoms with Crippen molar-refractivity contribution >= 4 is 15.9 Å². The normalized spacial score (nSPS) is 29.8. The van der Waals surface area contributed by atoms with Gasteiger partial charge in [0.05, 0.1) is 0 Å². The lowest BCUT2D eigenvalue weighted by Crippen LogP contribution is -2.60. The maximum atomic E-state index is 13.2. The number of rotatable bonds is 5. The SMILES string of the molecule is Cc1noc(C)c1S(=O)(=O)NC1(C(=O)NC2CC3CCC(C2)N3)CCCC1. The summed E-state index contributed by atoms with van der Waals surface area (Å²) in [6.07, 6.45) is 6.81. The van der Waals surface area contributed by atoms with Gasteiger partial charge in [0.1, 0.15) is 16.1 Å². The average molecular weight is 397 g/mol. The summed E-state index contributed by atoms with van der Waals surface area (Å²) in [5.74, 6) is 0.0464. The number of carbonyl (C=O) groups is 1. The van der Waals surface area contributed by atoms with E-state index < -0.39 is 15.6 Å². The molecule has 0 aromatic carbocycles. The number of nitrogens with zero attached hydrogens (tertiary/aromatic N) is 1. The minimum atomic E-state index is -3.89. The molecule has 1 amide bonds. The molecule has 3 fully saturated rings. The zero-order valence-corrected chi connectivity index (χ0v) is 16.7. The highest BCUT2D eigenvalue weighted by atomic mass is 32.2. The molecule has 8 nitrogen and oxygen atoms in total. The summed E-state index contributed by atoms with van der Waals surface area (Å²) in [6, 6.07) is 1.04. The second-order valence-corrected chi connectivity index (χ2v) is 9.95. The molecule has 3 N–H and O–H groups in total. The van der Waals surface area contributed by atoms with Crippen molar-refractivity contribution in [2.24, 2.45) is 0 Å². The summed E-state index contributed by atoms with van der Waals surface area (Å²) in [7, 11) is -3.89. The summed E-state index contributed by atoms with van der Waals surface area (Å²) < 4.78 is 33.8. The van der Waals surface area contributed by atoms with E-state index in [-0.39, 0.29) is 22.6 Å². The first-order valence-corrected chi connectivity index (χ1v) is 11.3. The van der Waals surface area contributed by atoms with Crippen LogP contribution in [0, 0.1) is 13.8 Å². The Balaban J connectivity index is 1.53. The molecule has 150 valence electrons. The van der Waals surface area contributed by atoms with Gasteiger partial charge in [-0.2, -0.15) is 4.72 Å². The Labute approximate surface area is 159 Å². The monoisotopic (exact) mass is 396 g/mol. The molecular weight excluding hydrogens is 368 g/mol. The van der Waals surface area contributed by atoms with E-state index in [1.807, 2.05) is 0 Å². The lowest BCUT2D eigenvalue weighted by atomic mass is 9.94. The molecule has 2 aliphatic heterocycles. The highest BCUT2D eigenvalue weighted by Crippen LogP contribution is 2.34. The topological polar surface area (TPSA) is 113 Å². The molecule has 1 aromatic heterocycles. The van der Waals surface area contributed by atoms with Crippen LogP contribution >= 0.6 is 0 Å². The maximum Gasteiger partial charge on any atom is 0.246 e. The molecule has 0 radical (unpaired) electrons. The van der Waals surface area contributed by atoms with Crippen molar-refractivity contribution in [3.05, 3.63) is 11.5 Å². The van der Waals surface area contributed by atoms with Crippen molar-refractivity contribution in [3.8, 4) is 0 Å². The number of sulfonamides is 1. The molecule has 1 aliphatic carbocycles. The van der Waals surface area contributed by atoms with Crippen molar-refractivity contribution in [1.29, 1.82) is 0 Å². The number of piperidine rings is 1. The van der Waals surface area contributed by atoms with E-state index in [9.17, 15) is 13.2 Å². The van der Waals surface area contributed by atoms with Gasteiger partial charge in [-0.15, -0.1) is 0 Å². The molecule has 9 heteroatoms. The highest BCUT2D eigenvalue weighted by Gasteiger charge is 2.47. The van der Waals surface area contributed by atoms with Crippen LogP contribution in [0.15, 0.2) is 9.42 Å². The Morgan fingerprint density at radius 3 is 2.37 bits per heavy atom. The maximum absolute atomic E-state index is 13.2. The summed E-state index contributed by atoms with van der Waals surface area (Å²) in [5, 5.41) is 10.5. The second kappa shape index (κ2) is 6.86. The predicted octanol–water partition coefficient (Wildman–Crippen LogP) is 1.28. The first kappa shape index (κ1) is 18.9. The predicted molar refractivity (Wildman–Crippen MR) is 98.6 cm³/mol. The van der Waals surface area contributed by atoms with Crippen LogP contribution in [0.3, 0.4) is 0 Å². The Morgan fingerprint density at radius 2 is 1.81 bits per heavy atom. The Kier molecular flexibility index (Phi) is 4.80. The number of carbonyl (C=O) groups excluding carboxylic acids is 1. The molecule has 3 heterocycles. The minimum absolute atomic E-state index is 0.0430. The number of aromatic nitrogens is 1. The van der Waals surface area contributed by atoms with Crippen molar-refractivity contribution in [2.45, 2.75) is 93.8 Å². The van der Waals surface area contributed by atoms with Gasteiger partial charge in [0.15, 0.2) is 5.76 Å². The zero-order valence-electron chi connectivity index (χ0n) is 15.9. The van der Waals surface area contributed by atoms with E-state index in [4.69, 9.17) is 4.52 Å². The Hall–Kier alpha value is -1.45. The molecule has 2 bridgehead atoms. The van der Waals surface area contributed by atoms with Gasteiger partial charge in [-0.05, 0) is 52.4 Å². The molecule has 1 saturated carbocycles. The number of aryl methyl sites for hydroxylation is 2. The molecule has 1 aromatic rings. The molecule has 2 atom stereocenters. The highest BCUT2D eigenvalue weighted by molar-refractivity contribution is 7.89. The molecule has 27 heavy (non-hydrogen) atoms. The van der Waals surface area contributed by atoms with Crippen LogP contribution in [0.4, 0.5) is 0 Å². The van der Waals surface area contributed by atoms with Crippen LogP contribution in [-0.2, 0) is 14.8 Å². The summed E-state index contributed by atoms with van der Waals surface area (Å²) in [6.45, 7) is 3.16. The number of amides is 1. The fourth-order valence-corrected chi connectivity index (χ4v) is 6.77. The fourth-order valence-electron chi connectivity index (χ4n) is 5.02. The molecule has 3 aliphatic rings. The van der Waals surface area contributed by atoms with Crippen LogP contribution < -0.4 is 15.4 Å². The summed E-state index contributed by atoms with van der Waals surface area (Å²) in [4.78, 5) is 13.2. The second-order valence-electron chi connectivity index (χ2n) is 8.33. The van der Waals surface area contributed by atoms with Crippen LogP contribution in [-0.4, -0.2) is 43.1 Å². The number of hydrogen-bond acceptors (Lipinski definition) is 6. The van der Waals surface area contributed by atoms with E-state index in [0.717, 1.165) is 38.5 Å². The first-order chi connectivity index (χ1) is 12.8. The van der Waals surface area contributed by atoms with Gasteiger partial charge >= 0.3 is 0 Å². The van der Waals surface area contributed by atoms with Crippen molar-refractivity contribution in [1.82, 2.24) is 20.5 Å². The van der Waals surface area contributed by atoms with Gasteiger partial charge in [0, 0.05) is 18.1 Å². The van der Waals surface area contributed by atoms with Gasteiger partial charge in [0.2, 0.25) is 15.9 Å². The fraction of sp³-hybridized carbons (Fsp3) is 0.778. The smallest absolute Gasteiger partial charge is 0.246 e. The van der Waals surface area contributed by atoms with Gasteiger partial charge < -0.3 is 15.2 Å². The lowest BCUT2D eigenvalue weighted by molar-refractivity contribution is -0.127. The van der Waals surface area contributed by atoms with Gasteiger partial charge in [0.25, 0.3) is 0 Å². The van der Waals surface area contributed by atoms with Crippen LogP contribution in [0.2, 0.25) is 0 Å². The first-order valence-electron chi connectivity index (χ1n) is 9.83. The van der Waals surface area contributed by atoms with Gasteiger partial charge in [-0.1, -0.05) is 18.0 Å². The molecular formula is C18H28N4O4S. The third kappa shape index (κ3) is 3.52. The van der Waals surface area contributed by atoms with E-state index in [1.54, 1.807) is 13.8 Å². The van der Waals surface area contributed by atoms with E-state index in [2.05, 4.69) is 20.5 Å². The van der Waals surface area contributed by atoms with Crippen molar-refractivity contribution in [3.63, 3.8) is 0 Å². The quantitative estimate of drug-likeness (QED) is 0.691. The molecule has 0 spiro atoms. The van der Waals surface area contributed by atoms with Crippen LogP contribution in [0.25, 0.3) is 0 Å². The standard InChI is InChI=1S/C18H28N4O4S/c1-11-16(12(2)26-21-11)27(24,25)22-18(7-3-4-8-18)17(23)20-15-9-13-5-6-14(10-15)19-13/h13-15,19,22H,3-10H2,1-2H3,(H,20,23). The summed E-state index contributed by atoms with van der Waals surface area (Å²) >= 11 is 0. The molecule has 4 rings (SSSR count). The number of hydrogen-bond donors (Lipinski definition) is 3. The largest absolute Gasteiger partial charge is 0.360 e. The van der Waals surface area contributed by atoms with E-state index >= 15 is 0 Å². The van der Waals surface area contributed by atoms with Crippen molar-refractivity contribution in [2.75, 3.05) is 0 Å².